The number of carbonyl (C=O) groups excluding carboxylic acids is 1. The summed E-state index contributed by atoms with van der Waals surface area (Å²) in [6.07, 6.45) is 1.41. The summed E-state index contributed by atoms with van der Waals surface area (Å²) in [5.74, 6) is 0.351. The van der Waals surface area contributed by atoms with Crippen molar-refractivity contribution >= 4 is 21.6 Å². The quantitative estimate of drug-likeness (QED) is 0.531. The summed E-state index contributed by atoms with van der Waals surface area (Å²) in [5.41, 5.74) is 2.38. The average Bonchev–Trinajstić information content (AvgIpc) is 3.20. The molecule has 1 heterocycles. The van der Waals surface area contributed by atoms with Gasteiger partial charge in [-0.3, -0.25) is 9.10 Å². The summed E-state index contributed by atoms with van der Waals surface area (Å²) in [4.78, 5) is 19.0. The molecule has 31 heavy (non-hydrogen) atoms. The Morgan fingerprint density at radius 1 is 1.10 bits per heavy atom. The zero-order chi connectivity index (χ0) is 22.6. The lowest BCUT2D eigenvalue weighted by atomic mass is 10.1. The van der Waals surface area contributed by atoms with E-state index in [1.54, 1.807) is 44.3 Å². The maximum Gasteiger partial charge on any atom is 0.246 e. The number of likely N-dealkylation sites (N-methyl/N-ethyl adjacent to an activating group) is 1. The van der Waals surface area contributed by atoms with E-state index in [0.717, 1.165) is 21.7 Å². The number of aromatic nitrogens is 2. The highest BCUT2D eigenvalue weighted by molar-refractivity contribution is 7.92. The summed E-state index contributed by atoms with van der Waals surface area (Å²) in [7, 11) is -2.09. The molecule has 0 aliphatic rings. The van der Waals surface area contributed by atoms with Crippen molar-refractivity contribution in [1.82, 2.24) is 15.0 Å². The first-order valence-corrected chi connectivity index (χ1v) is 11.7. The lowest BCUT2D eigenvalue weighted by Crippen LogP contribution is -2.49. The van der Waals surface area contributed by atoms with Crippen LogP contribution in [0.25, 0.3) is 11.4 Å². The number of hydrogen-bond donors (Lipinski definition) is 0. The molecule has 3 rings (SSSR count). The number of aryl methyl sites for hydroxylation is 1. The van der Waals surface area contributed by atoms with Crippen molar-refractivity contribution in [3.05, 3.63) is 66.1 Å². The number of sulfonamides is 1. The van der Waals surface area contributed by atoms with Crippen molar-refractivity contribution in [2.75, 3.05) is 17.6 Å². The molecule has 1 atom stereocenters. The lowest BCUT2D eigenvalue weighted by molar-refractivity contribution is -0.132. The highest BCUT2D eigenvalue weighted by Gasteiger charge is 2.33. The van der Waals surface area contributed by atoms with Crippen LogP contribution in [0.2, 0.25) is 0 Å². The van der Waals surface area contributed by atoms with Crippen LogP contribution in [-0.4, -0.2) is 48.7 Å². The summed E-state index contributed by atoms with van der Waals surface area (Å²) >= 11 is 0. The minimum Gasteiger partial charge on any atom is -0.337 e. The first-order valence-electron chi connectivity index (χ1n) is 9.89. The molecule has 0 saturated heterocycles. The molecule has 3 aromatic rings. The van der Waals surface area contributed by atoms with Crippen LogP contribution in [0.5, 0.6) is 0 Å². The predicted octanol–water partition coefficient (Wildman–Crippen LogP) is 3.25. The normalized spacial score (nSPS) is 12.4. The van der Waals surface area contributed by atoms with Gasteiger partial charge in [-0.05, 0) is 25.5 Å². The standard InChI is InChI=1S/C22H26N4O4S/c1-5-19(26(31(4,28)29)18-9-7-6-8-10-18)22(27)25(3)15-20-23-21(24-30-20)17-13-11-16(2)12-14-17/h6-14,19H,5,15H2,1-4H3/t19-/m1/s1. The third kappa shape index (κ3) is 5.29. The van der Waals surface area contributed by atoms with E-state index in [1.165, 1.54) is 4.90 Å². The van der Waals surface area contributed by atoms with Crippen molar-refractivity contribution in [3.8, 4) is 11.4 Å². The van der Waals surface area contributed by atoms with Crippen LogP contribution in [0, 0.1) is 6.92 Å². The van der Waals surface area contributed by atoms with E-state index in [0.29, 0.717) is 17.9 Å². The molecule has 0 bridgehead atoms. The van der Waals surface area contributed by atoms with Crippen LogP contribution >= 0.6 is 0 Å². The number of benzene rings is 2. The Morgan fingerprint density at radius 2 is 1.74 bits per heavy atom. The van der Waals surface area contributed by atoms with Gasteiger partial charge in [0.25, 0.3) is 0 Å². The van der Waals surface area contributed by atoms with Gasteiger partial charge in [0.15, 0.2) is 0 Å². The number of hydrogen-bond acceptors (Lipinski definition) is 6. The minimum atomic E-state index is -3.68. The van der Waals surface area contributed by atoms with Crippen LogP contribution in [0.15, 0.2) is 59.1 Å². The second-order valence-corrected chi connectivity index (χ2v) is 9.25. The van der Waals surface area contributed by atoms with Gasteiger partial charge in [0, 0.05) is 12.6 Å². The van der Waals surface area contributed by atoms with Crippen LogP contribution in [-0.2, 0) is 21.4 Å². The molecule has 0 fully saturated rings. The van der Waals surface area contributed by atoms with Gasteiger partial charge in [0.05, 0.1) is 18.5 Å². The first kappa shape index (κ1) is 22.5. The second kappa shape index (κ2) is 9.30. The van der Waals surface area contributed by atoms with E-state index in [4.69, 9.17) is 4.52 Å². The summed E-state index contributed by atoms with van der Waals surface area (Å²) < 4.78 is 31.5. The van der Waals surface area contributed by atoms with E-state index in [9.17, 15) is 13.2 Å². The van der Waals surface area contributed by atoms with Gasteiger partial charge in [0.1, 0.15) is 6.04 Å². The Kier molecular flexibility index (Phi) is 6.74. The monoisotopic (exact) mass is 442 g/mol. The molecular formula is C22H26N4O4S. The van der Waals surface area contributed by atoms with E-state index in [2.05, 4.69) is 10.1 Å². The molecule has 0 aliphatic heterocycles. The van der Waals surface area contributed by atoms with Gasteiger partial charge in [-0.25, -0.2) is 8.42 Å². The highest BCUT2D eigenvalue weighted by Crippen LogP contribution is 2.23. The fourth-order valence-corrected chi connectivity index (χ4v) is 4.50. The van der Waals surface area contributed by atoms with Crippen molar-refractivity contribution in [3.63, 3.8) is 0 Å². The largest absolute Gasteiger partial charge is 0.337 e. The third-order valence-electron chi connectivity index (χ3n) is 4.85. The molecule has 0 unspecified atom stereocenters. The molecule has 0 spiro atoms. The fraction of sp³-hybridized carbons (Fsp3) is 0.318. The predicted molar refractivity (Wildman–Crippen MR) is 119 cm³/mol. The molecule has 2 aromatic carbocycles. The van der Waals surface area contributed by atoms with E-state index in [1.807, 2.05) is 31.2 Å². The molecule has 9 heteroatoms. The number of para-hydroxylation sites is 1. The average molecular weight is 443 g/mol. The Bertz CT molecular complexity index is 1130. The van der Waals surface area contributed by atoms with Crippen LogP contribution < -0.4 is 4.31 Å². The third-order valence-corrected chi connectivity index (χ3v) is 6.03. The summed E-state index contributed by atoms with van der Waals surface area (Å²) in [6.45, 7) is 3.84. The molecule has 0 saturated carbocycles. The molecule has 0 aliphatic carbocycles. The second-order valence-electron chi connectivity index (χ2n) is 7.39. The Morgan fingerprint density at radius 3 is 2.32 bits per heavy atom. The summed E-state index contributed by atoms with van der Waals surface area (Å²) in [5, 5.41) is 3.99. The minimum absolute atomic E-state index is 0.0700. The van der Waals surface area contributed by atoms with Gasteiger partial charge < -0.3 is 9.42 Å². The van der Waals surface area contributed by atoms with Crippen molar-refractivity contribution in [2.45, 2.75) is 32.9 Å². The maximum absolute atomic E-state index is 13.2. The molecule has 0 N–H and O–H groups in total. The number of amides is 1. The molecule has 1 amide bonds. The maximum atomic E-state index is 13.2. The van der Waals surface area contributed by atoms with Crippen molar-refractivity contribution in [2.24, 2.45) is 0 Å². The first-order chi connectivity index (χ1) is 14.7. The van der Waals surface area contributed by atoms with Gasteiger partial charge >= 0.3 is 0 Å². The number of carbonyl (C=O) groups is 1. The molecular weight excluding hydrogens is 416 g/mol. The van der Waals surface area contributed by atoms with Crippen molar-refractivity contribution in [1.29, 1.82) is 0 Å². The number of anilines is 1. The zero-order valence-corrected chi connectivity index (χ0v) is 18.8. The van der Waals surface area contributed by atoms with Gasteiger partial charge in [-0.1, -0.05) is 60.1 Å². The smallest absolute Gasteiger partial charge is 0.246 e. The van der Waals surface area contributed by atoms with E-state index >= 15 is 0 Å². The van der Waals surface area contributed by atoms with E-state index < -0.39 is 16.1 Å². The van der Waals surface area contributed by atoms with Gasteiger partial charge in [-0.15, -0.1) is 0 Å². The molecule has 1 aromatic heterocycles. The van der Waals surface area contributed by atoms with Crippen LogP contribution in [0.1, 0.15) is 24.8 Å². The number of rotatable bonds is 8. The fourth-order valence-electron chi connectivity index (χ4n) is 3.29. The lowest BCUT2D eigenvalue weighted by Gasteiger charge is -2.32. The van der Waals surface area contributed by atoms with E-state index in [-0.39, 0.29) is 18.3 Å². The molecule has 0 radical (unpaired) electrons. The van der Waals surface area contributed by atoms with Crippen LogP contribution in [0.3, 0.4) is 0 Å². The highest BCUT2D eigenvalue weighted by atomic mass is 32.2. The topological polar surface area (TPSA) is 96.6 Å². The molecule has 164 valence electrons. The van der Waals surface area contributed by atoms with Crippen molar-refractivity contribution < 1.29 is 17.7 Å². The number of nitrogens with zero attached hydrogens (tertiary/aromatic N) is 4. The Labute approximate surface area is 182 Å². The van der Waals surface area contributed by atoms with Gasteiger partial charge in [-0.2, -0.15) is 4.98 Å². The zero-order valence-electron chi connectivity index (χ0n) is 18.0. The van der Waals surface area contributed by atoms with Gasteiger partial charge in [0.2, 0.25) is 27.6 Å². The molecule has 8 nitrogen and oxygen atoms in total. The Hall–Kier alpha value is -3.20. The SMILES string of the molecule is CC[C@H](C(=O)N(C)Cc1nc(-c2ccc(C)cc2)no1)N(c1ccccc1)S(C)(=O)=O. The van der Waals surface area contributed by atoms with Crippen LogP contribution in [0.4, 0.5) is 5.69 Å². The Balaban J connectivity index is 1.80. The summed E-state index contributed by atoms with van der Waals surface area (Å²) in [6, 6.07) is 15.4.